The number of rotatable bonds is 3. The van der Waals surface area contributed by atoms with Crippen molar-refractivity contribution in [3.63, 3.8) is 0 Å². The zero-order chi connectivity index (χ0) is 28.8. The normalized spacial score (nSPS) is 31.9. The molecule has 0 saturated carbocycles. The van der Waals surface area contributed by atoms with Crippen molar-refractivity contribution in [1.82, 2.24) is 4.98 Å². The van der Waals surface area contributed by atoms with Gasteiger partial charge in [-0.1, -0.05) is 59.7 Å². The molecule has 2 rings (SSSR count). The molecule has 8 heteroatoms. The zero-order valence-corrected chi connectivity index (χ0v) is 25.7. The lowest BCUT2D eigenvalue weighted by atomic mass is 9.71. The Morgan fingerprint density at radius 1 is 1.26 bits per heavy atom. The molecular formula is C30H45NO5S2. The molecule has 1 aliphatic heterocycles. The van der Waals surface area contributed by atoms with Crippen molar-refractivity contribution in [3.05, 3.63) is 16.6 Å². The fourth-order valence-corrected chi connectivity index (χ4v) is 6.20. The molecule has 0 spiro atoms. The topological polar surface area (TPSA) is 96.7 Å². The van der Waals surface area contributed by atoms with E-state index in [0.29, 0.717) is 12.8 Å². The van der Waals surface area contributed by atoms with E-state index in [2.05, 4.69) is 31.7 Å². The van der Waals surface area contributed by atoms with Crippen LogP contribution in [0.4, 0.5) is 0 Å². The number of carbonyl (C=O) groups excluding carboxylic acids is 2. The van der Waals surface area contributed by atoms with Crippen molar-refractivity contribution in [2.24, 2.45) is 28.6 Å². The lowest BCUT2D eigenvalue weighted by molar-refractivity contribution is -0.155. The van der Waals surface area contributed by atoms with Gasteiger partial charge in [0.2, 0.25) is 0 Å². The van der Waals surface area contributed by atoms with Gasteiger partial charge in [0.25, 0.3) is 0 Å². The number of hydrogen-bond donors (Lipinski definition) is 2. The Balaban J connectivity index is 2.42. The number of aliphatic hydroxyl groups excluding tert-OH is 2. The SMILES string of the molecule is C#C[C@H]1CCCC(C)(C)[C@@H](C)C[C@@H](/C(C)=C/c2csc(SC)n2)OC(=O)C[C@H](O)C(C)(C)C(=O)[C@H](C)[C@H]1O. The van der Waals surface area contributed by atoms with E-state index in [1.807, 2.05) is 24.6 Å². The molecular weight excluding hydrogens is 518 g/mol. The molecule has 1 fully saturated rings. The van der Waals surface area contributed by atoms with Crippen LogP contribution in [0.5, 0.6) is 0 Å². The summed E-state index contributed by atoms with van der Waals surface area (Å²) in [5, 5.41) is 23.9. The molecule has 2 heterocycles. The van der Waals surface area contributed by atoms with Gasteiger partial charge in [-0.15, -0.1) is 23.7 Å². The number of ether oxygens (including phenoxy) is 1. The Morgan fingerprint density at radius 2 is 1.92 bits per heavy atom. The van der Waals surface area contributed by atoms with Crippen LogP contribution < -0.4 is 0 Å². The zero-order valence-electron chi connectivity index (χ0n) is 24.1. The van der Waals surface area contributed by atoms with Crippen LogP contribution in [0.15, 0.2) is 15.3 Å². The number of thiazole rings is 1. The largest absolute Gasteiger partial charge is 0.458 e. The van der Waals surface area contributed by atoms with E-state index in [1.165, 1.54) is 0 Å². The molecule has 212 valence electrons. The summed E-state index contributed by atoms with van der Waals surface area (Å²) < 4.78 is 6.95. The Kier molecular flexibility index (Phi) is 11.7. The van der Waals surface area contributed by atoms with Gasteiger partial charge in [0.15, 0.2) is 0 Å². The highest BCUT2D eigenvalue weighted by molar-refractivity contribution is 8.00. The first kappa shape index (κ1) is 32.6. The first-order chi connectivity index (χ1) is 17.6. The van der Waals surface area contributed by atoms with E-state index >= 15 is 0 Å². The molecule has 6 atom stereocenters. The van der Waals surface area contributed by atoms with E-state index in [-0.39, 0.29) is 23.5 Å². The molecule has 1 aromatic rings. The van der Waals surface area contributed by atoms with Gasteiger partial charge in [-0.2, -0.15) is 0 Å². The third kappa shape index (κ3) is 8.17. The molecule has 2 N–H and O–H groups in total. The Hall–Kier alpha value is -1.66. The summed E-state index contributed by atoms with van der Waals surface area (Å²) in [4.78, 5) is 31.0. The number of esters is 1. The lowest BCUT2D eigenvalue weighted by Crippen LogP contribution is -2.46. The number of ketones is 1. The first-order valence-corrected chi connectivity index (χ1v) is 15.5. The smallest absolute Gasteiger partial charge is 0.309 e. The van der Waals surface area contributed by atoms with E-state index < -0.39 is 41.5 Å². The van der Waals surface area contributed by atoms with Gasteiger partial charge in [-0.05, 0) is 55.4 Å². The van der Waals surface area contributed by atoms with Crippen LogP contribution in [0.25, 0.3) is 6.08 Å². The molecule has 38 heavy (non-hydrogen) atoms. The summed E-state index contributed by atoms with van der Waals surface area (Å²) in [6, 6.07) is 0. The minimum Gasteiger partial charge on any atom is -0.458 e. The van der Waals surface area contributed by atoms with Crippen molar-refractivity contribution < 1.29 is 24.5 Å². The molecule has 0 aromatic carbocycles. The summed E-state index contributed by atoms with van der Waals surface area (Å²) in [5.74, 6) is 0.754. The van der Waals surface area contributed by atoms with Crippen molar-refractivity contribution in [2.45, 2.75) is 103 Å². The number of cyclic esters (lactones) is 1. The average Bonchev–Trinajstić information content (AvgIpc) is 3.31. The highest BCUT2D eigenvalue weighted by atomic mass is 32.2. The summed E-state index contributed by atoms with van der Waals surface area (Å²) in [7, 11) is 0. The number of thioether (sulfide) groups is 1. The Bertz CT molecular complexity index is 1040. The fraction of sp³-hybridized carbons (Fsp3) is 0.700. The average molecular weight is 564 g/mol. The Morgan fingerprint density at radius 3 is 2.50 bits per heavy atom. The van der Waals surface area contributed by atoms with Crippen LogP contribution in [-0.2, 0) is 14.3 Å². The summed E-state index contributed by atoms with van der Waals surface area (Å²) in [6.45, 7) is 13.3. The van der Waals surface area contributed by atoms with Gasteiger partial charge in [0, 0.05) is 17.2 Å². The van der Waals surface area contributed by atoms with Gasteiger partial charge in [-0.3, -0.25) is 9.59 Å². The molecule has 6 nitrogen and oxygen atoms in total. The predicted molar refractivity (Wildman–Crippen MR) is 156 cm³/mol. The molecule has 0 amide bonds. The van der Waals surface area contributed by atoms with E-state index in [4.69, 9.17) is 11.2 Å². The third-order valence-corrected chi connectivity index (χ3v) is 10.3. The molecule has 1 saturated heterocycles. The van der Waals surface area contributed by atoms with Crippen molar-refractivity contribution in [1.29, 1.82) is 0 Å². The van der Waals surface area contributed by atoms with E-state index in [0.717, 1.165) is 28.4 Å². The second kappa shape index (κ2) is 13.6. The van der Waals surface area contributed by atoms with Crippen LogP contribution in [0.1, 0.15) is 86.3 Å². The van der Waals surface area contributed by atoms with Crippen molar-refractivity contribution in [3.8, 4) is 12.3 Å². The van der Waals surface area contributed by atoms with Crippen LogP contribution in [0, 0.1) is 40.9 Å². The summed E-state index contributed by atoms with van der Waals surface area (Å²) in [6.07, 6.45) is 9.49. The maximum atomic E-state index is 13.3. The molecule has 0 aliphatic carbocycles. The second-order valence-electron chi connectivity index (χ2n) is 12.0. The first-order valence-electron chi connectivity index (χ1n) is 13.4. The number of terminal acetylenes is 1. The minimum absolute atomic E-state index is 0.0816. The number of Topliss-reactive ketones (excluding diaryl/α,β-unsaturated/α-hetero) is 1. The van der Waals surface area contributed by atoms with E-state index in [1.54, 1.807) is 43.9 Å². The second-order valence-corrected chi connectivity index (χ2v) is 13.9. The monoisotopic (exact) mass is 563 g/mol. The molecule has 0 radical (unpaired) electrons. The van der Waals surface area contributed by atoms with Crippen LogP contribution in [0.3, 0.4) is 0 Å². The van der Waals surface area contributed by atoms with Gasteiger partial charge in [0.05, 0.1) is 29.7 Å². The Labute approximate surface area is 237 Å². The van der Waals surface area contributed by atoms with Crippen LogP contribution >= 0.6 is 23.1 Å². The highest BCUT2D eigenvalue weighted by Crippen LogP contribution is 2.39. The maximum Gasteiger partial charge on any atom is 0.309 e. The number of hydrogen-bond acceptors (Lipinski definition) is 8. The van der Waals surface area contributed by atoms with Gasteiger partial charge >= 0.3 is 5.97 Å². The molecule has 0 unspecified atom stereocenters. The third-order valence-electron chi connectivity index (χ3n) is 8.45. The van der Waals surface area contributed by atoms with Crippen LogP contribution in [0.2, 0.25) is 0 Å². The molecule has 0 bridgehead atoms. The molecule has 1 aromatic heterocycles. The lowest BCUT2D eigenvalue weighted by Gasteiger charge is -2.37. The van der Waals surface area contributed by atoms with Gasteiger partial charge in [0.1, 0.15) is 16.2 Å². The number of carbonyl (C=O) groups is 2. The fourth-order valence-electron chi connectivity index (χ4n) is 4.97. The molecule has 1 aliphatic rings. The summed E-state index contributed by atoms with van der Waals surface area (Å²) >= 11 is 3.16. The number of aliphatic hydroxyl groups is 2. The highest BCUT2D eigenvalue weighted by Gasteiger charge is 2.43. The van der Waals surface area contributed by atoms with Gasteiger partial charge in [-0.25, -0.2) is 4.98 Å². The van der Waals surface area contributed by atoms with Crippen LogP contribution in [-0.4, -0.2) is 51.5 Å². The minimum atomic E-state index is -1.27. The summed E-state index contributed by atoms with van der Waals surface area (Å²) in [5.41, 5.74) is 0.363. The maximum absolute atomic E-state index is 13.3. The van der Waals surface area contributed by atoms with Crippen molar-refractivity contribution in [2.75, 3.05) is 6.26 Å². The predicted octanol–water partition coefficient (Wildman–Crippen LogP) is 6.01. The standard InChI is InChI=1S/C30H45NO5S2/c1-10-21-12-11-13-29(5,6)19(3)15-23(18(2)14-22-17-38-28(31-22)37-9)36-25(33)16-24(32)30(7,8)27(35)20(4)26(21)34/h1,14,17,19-21,23-24,26,32,34H,11-13,15-16H2,2-9H3/b18-14+/t19-,20+,21-,23-,24-,26+/m0/s1. The number of aromatic nitrogens is 1. The van der Waals surface area contributed by atoms with Crippen molar-refractivity contribution >= 4 is 40.9 Å². The number of nitrogens with zero attached hydrogens (tertiary/aromatic N) is 1. The quantitative estimate of drug-likeness (QED) is 0.264. The van der Waals surface area contributed by atoms with E-state index in [9.17, 15) is 19.8 Å². The van der Waals surface area contributed by atoms with Gasteiger partial charge < -0.3 is 14.9 Å².